The third-order valence-corrected chi connectivity index (χ3v) is 4.23. The molecule has 2 aromatic rings. The molecule has 2 aromatic carbocycles. The van der Waals surface area contributed by atoms with Gasteiger partial charge in [-0.2, -0.15) is 0 Å². The maximum Gasteiger partial charge on any atom is 0.407 e. The predicted molar refractivity (Wildman–Crippen MR) is 88.5 cm³/mol. The lowest BCUT2D eigenvalue weighted by Crippen LogP contribution is -2.32. The average molecular weight is 372 g/mol. The van der Waals surface area contributed by atoms with Gasteiger partial charge in [-0.05, 0) is 23.3 Å². The third-order valence-electron chi connectivity index (χ3n) is 3.12. The molecule has 0 aliphatic carbocycles. The second-order valence-corrected chi connectivity index (χ2v) is 7.84. The van der Waals surface area contributed by atoms with Crippen LogP contribution in [0.3, 0.4) is 0 Å². The second kappa shape index (κ2) is 8.12. The molecule has 24 heavy (non-hydrogen) atoms. The van der Waals surface area contributed by atoms with Crippen molar-refractivity contribution in [3.05, 3.63) is 71.5 Å². The standard InChI is InChI=1S/C16H15ClFNO4S/c17-24(21,22)11-15(13-7-4-8-14(18)9-13)19-16(20)23-10-12-5-2-1-3-6-12/h1-9,15H,10-11H2,(H,19,20). The number of hydrogen-bond donors (Lipinski definition) is 1. The van der Waals surface area contributed by atoms with E-state index in [1.54, 1.807) is 24.3 Å². The van der Waals surface area contributed by atoms with E-state index < -0.39 is 32.8 Å². The summed E-state index contributed by atoms with van der Waals surface area (Å²) in [5, 5.41) is 2.40. The highest BCUT2D eigenvalue weighted by Gasteiger charge is 2.22. The molecule has 1 N–H and O–H groups in total. The molecule has 0 saturated heterocycles. The Morgan fingerprint density at radius 3 is 2.50 bits per heavy atom. The predicted octanol–water partition coefficient (Wildman–Crippen LogP) is 3.36. The lowest BCUT2D eigenvalue weighted by atomic mass is 10.1. The van der Waals surface area contributed by atoms with Gasteiger partial charge in [0.25, 0.3) is 0 Å². The molecule has 0 aliphatic rings. The van der Waals surface area contributed by atoms with Crippen molar-refractivity contribution in [1.82, 2.24) is 5.32 Å². The van der Waals surface area contributed by atoms with Gasteiger partial charge in [-0.1, -0.05) is 42.5 Å². The van der Waals surface area contributed by atoms with Crippen molar-refractivity contribution in [3.8, 4) is 0 Å². The number of rotatable bonds is 6. The first-order chi connectivity index (χ1) is 11.3. The summed E-state index contributed by atoms with van der Waals surface area (Å²) in [6.45, 7) is 0.0240. The molecule has 0 aromatic heterocycles. The SMILES string of the molecule is O=C(NC(CS(=O)(=O)Cl)c1cccc(F)c1)OCc1ccccc1. The van der Waals surface area contributed by atoms with Gasteiger partial charge < -0.3 is 10.1 Å². The van der Waals surface area contributed by atoms with Crippen molar-refractivity contribution >= 4 is 25.8 Å². The molecule has 0 aliphatic heterocycles. The van der Waals surface area contributed by atoms with E-state index in [2.05, 4.69) is 5.32 Å². The molecular weight excluding hydrogens is 357 g/mol. The number of nitrogens with one attached hydrogen (secondary N) is 1. The summed E-state index contributed by atoms with van der Waals surface area (Å²) in [4.78, 5) is 11.9. The van der Waals surface area contributed by atoms with E-state index >= 15 is 0 Å². The van der Waals surface area contributed by atoms with Crippen LogP contribution in [-0.4, -0.2) is 20.3 Å². The minimum atomic E-state index is -3.92. The van der Waals surface area contributed by atoms with Crippen molar-refractivity contribution in [2.75, 3.05) is 5.75 Å². The summed E-state index contributed by atoms with van der Waals surface area (Å²) < 4.78 is 41.1. The molecule has 0 heterocycles. The fourth-order valence-corrected chi connectivity index (χ4v) is 3.10. The number of alkyl carbamates (subject to hydrolysis) is 1. The largest absolute Gasteiger partial charge is 0.445 e. The van der Waals surface area contributed by atoms with Gasteiger partial charge >= 0.3 is 6.09 Å². The van der Waals surface area contributed by atoms with E-state index in [1.807, 2.05) is 6.07 Å². The van der Waals surface area contributed by atoms with E-state index in [-0.39, 0.29) is 12.2 Å². The number of hydrogen-bond acceptors (Lipinski definition) is 4. The summed E-state index contributed by atoms with van der Waals surface area (Å²) in [5.74, 6) is -1.14. The van der Waals surface area contributed by atoms with Crippen molar-refractivity contribution in [2.45, 2.75) is 12.6 Å². The number of benzene rings is 2. The molecule has 8 heteroatoms. The molecule has 1 unspecified atom stereocenters. The number of carbonyl (C=O) groups is 1. The van der Waals surface area contributed by atoms with E-state index in [9.17, 15) is 17.6 Å². The molecular formula is C16H15ClFNO4S. The van der Waals surface area contributed by atoms with Crippen molar-refractivity contribution in [3.63, 3.8) is 0 Å². The average Bonchev–Trinajstić information content (AvgIpc) is 2.52. The molecule has 1 atom stereocenters. The minimum Gasteiger partial charge on any atom is -0.445 e. The molecule has 0 radical (unpaired) electrons. The fraction of sp³-hybridized carbons (Fsp3) is 0.188. The Morgan fingerprint density at radius 2 is 1.88 bits per heavy atom. The molecule has 5 nitrogen and oxygen atoms in total. The van der Waals surface area contributed by atoms with Crippen LogP contribution in [0.4, 0.5) is 9.18 Å². The Bertz CT molecular complexity index is 799. The van der Waals surface area contributed by atoms with Crippen LogP contribution in [0.2, 0.25) is 0 Å². The van der Waals surface area contributed by atoms with Gasteiger partial charge in [0.05, 0.1) is 11.8 Å². The van der Waals surface area contributed by atoms with Crippen molar-refractivity contribution in [1.29, 1.82) is 0 Å². The molecule has 128 valence electrons. The lowest BCUT2D eigenvalue weighted by Gasteiger charge is -2.17. The molecule has 1 amide bonds. The first-order valence-electron chi connectivity index (χ1n) is 6.98. The van der Waals surface area contributed by atoms with Crippen LogP contribution in [-0.2, 0) is 20.4 Å². The Kier molecular flexibility index (Phi) is 6.16. The van der Waals surface area contributed by atoms with Crippen LogP contribution in [0, 0.1) is 5.82 Å². The zero-order valence-corrected chi connectivity index (χ0v) is 14.1. The summed E-state index contributed by atoms with van der Waals surface area (Å²) in [6.07, 6.45) is -0.826. The highest BCUT2D eigenvalue weighted by Crippen LogP contribution is 2.18. The first kappa shape index (κ1) is 18.2. The lowest BCUT2D eigenvalue weighted by molar-refractivity contribution is 0.136. The smallest absolute Gasteiger partial charge is 0.407 e. The van der Waals surface area contributed by atoms with Crippen LogP contribution >= 0.6 is 10.7 Å². The van der Waals surface area contributed by atoms with Gasteiger partial charge in [0.1, 0.15) is 12.4 Å². The molecule has 0 bridgehead atoms. The van der Waals surface area contributed by atoms with Gasteiger partial charge in [-0.15, -0.1) is 0 Å². The van der Waals surface area contributed by atoms with E-state index in [4.69, 9.17) is 15.4 Å². The van der Waals surface area contributed by atoms with Crippen molar-refractivity contribution in [2.24, 2.45) is 0 Å². The highest BCUT2D eigenvalue weighted by molar-refractivity contribution is 8.13. The Hall–Kier alpha value is -2.12. The highest BCUT2D eigenvalue weighted by atomic mass is 35.7. The maximum absolute atomic E-state index is 13.3. The number of carbonyl (C=O) groups excluding carboxylic acids is 1. The normalized spacial score (nSPS) is 12.4. The maximum atomic E-state index is 13.3. The number of halogens is 2. The van der Waals surface area contributed by atoms with Gasteiger partial charge in [0.15, 0.2) is 0 Å². The Balaban J connectivity index is 2.06. The van der Waals surface area contributed by atoms with Crippen LogP contribution in [0.1, 0.15) is 17.2 Å². The summed E-state index contributed by atoms with van der Waals surface area (Å²) in [6, 6.07) is 13.2. The molecule has 0 saturated carbocycles. The minimum absolute atomic E-state index is 0.0240. The van der Waals surface area contributed by atoms with E-state index in [0.29, 0.717) is 0 Å². The number of ether oxygens (including phenoxy) is 1. The molecule has 0 fully saturated rings. The Morgan fingerprint density at radius 1 is 1.17 bits per heavy atom. The number of amides is 1. The quantitative estimate of drug-likeness (QED) is 0.790. The fourth-order valence-electron chi connectivity index (χ4n) is 2.05. The molecule has 2 rings (SSSR count). The van der Waals surface area contributed by atoms with Gasteiger partial charge in [0.2, 0.25) is 9.05 Å². The zero-order chi connectivity index (χ0) is 17.6. The van der Waals surface area contributed by atoms with Crippen LogP contribution in [0.5, 0.6) is 0 Å². The van der Waals surface area contributed by atoms with Crippen LogP contribution in [0.25, 0.3) is 0 Å². The molecule has 0 spiro atoms. The van der Waals surface area contributed by atoms with Crippen LogP contribution in [0.15, 0.2) is 54.6 Å². The monoisotopic (exact) mass is 371 g/mol. The van der Waals surface area contributed by atoms with E-state index in [1.165, 1.54) is 18.2 Å². The van der Waals surface area contributed by atoms with Crippen LogP contribution < -0.4 is 5.32 Å². The first-order valence-corrected chi connectivity index (χ1v) is 9.46. The third kappa shape index (κ3) is 6.17. The zero-order valence-electron chi connectivity index (χ0n) is 12.5. The summed E-state index contributed by atoms with van der Waals surface area (Å²) in [7, 11) is 1.34. The summed E-state index contributed by atoms with van der Waals surface area (Å²) in [5.41, 5.74) is 1.05. The second-order valence-electron chi connectivity index (χ2n) is 5.02. The Labute approximate surface area is 143 Å². The van der Waals surface area contributed by atoms with Gasteiger partial charge in [0, 0.05) is 10.7 Å². The van der Waals surface area contributed by atoms with Gasteiger partial charge in [-0.3, -0.25) is 0 Å². The summed E-state index contributed by atoms with van der Waals surface area (Å²) >= 11 is 0. The van der Waals surface area contributed by atoms with Gasteiger partial charge in [-0.25, -0.2) is 17.6 Å². The van der Waals surface area contributed by atoms with Crippen molar-refractivity contribution < 1.29 is 22.3 Å². The van der Waals surface area contributed by atoms with E-state index in [0.717, 1.165) is 11.6 Å². The topological polar surface area (TPSA) is 72.5 Å².